The predicted octanol–water partition coefficient (Wildman–Crippen LogP) is 4.77. The number of rotatable bonds is 7. The molecular formula is C25H24BrNO6S. The van der Waals surface area contributed by atoms with Crippen LogP contribution in [-0.2, 0) is 26.0 Å². The lowest BCUT2D eigenvalue weighted by Crippen LogP contribution is -2.36. The van der Waals surface area contributed by atoms with E-state index in [9.17, 15) is 23.1 Å². The molecule has 4 rings (SSSR count). The van der Waals surface area contributed by atoms with Crippen molar-refractivity contribution in [3.8, 4) is 5.75 Å². The molecule has 2 atom stereocenters. The summed E-state index contributed by atoms with van der Waals surface area (Å²) in [6, 6.07) is 15.4. The van der Waals surface area contributed by atoms with Gasteiger partial charge in [0.05, 0.1) is 10.8 Å². The van der Waals surface area contributed by atoms with Crippen molar-refractivity contribution in [3.63, 3.8) is 0 Å². The zero-order valence-electron chi connectivity index (χ0n) is 18.5. The Balaban J connectivity index is 1.67. The molecular weight excluding hydrogens is 522 g/mol. The minimum Gasteiger partial charge on any atom is -0.479 e. The number of fused-ring (bicyclic) bond motifs is 2. The van der Waals surface area contributed by atoms with E-state index in [1.54, 1.807) is 37.3 Å². The second-order valence-electron chi connectivity index (χ2n) is 8.18. The molecule has 7 nitrogen and oxygen atoms in total. The number of carbonyl (C=O) groups excluding carboxylic acids is 1. The third-order valence-corrected chi connectivity index (χ3v) is 8.13. The molecule has 0 aliphatic heterocycles. The smallest absolute Gasteiger partial charge is 0.344 e. The number of carbonyl (C=O) groups is 2. The van der Waals surface area contributed by atoms with Crippen molar-refractivity contribution in [1.82, 2.24) is 4.72 Å². The monoisotopic (exact) mass is 545 g/mol. The fourth-order valence-corrected chi connectivity index (χ4v) is 6.30. The summed E-state index contributed by atoms with van der Waals surface area (Å²) in [7, 11) is -4.12. The van der Waals surface area contributed by atoms with Gasteiger partial charge in [-0.25, -0.2) is 17.9 Å². The van der Waals surface area contributed by atoms with Crippen molar-refractivity contribution in [1.29, 1.82) is 0 Å². The summed E-state index contributed by atoms with van der Waals surface area (Å²) in [6.07, 6.45) is 0.970. The Bertz CT molecular complexity index is 1370. The topological polar surface area (TPSA) is 110 Å². The van der Waals surface area contributed by atoms with Gasteiger partial charge in [-0.3, -0.25) is 4.79 Å². The van der Waals surface area contributed by atoms with E-state index >= 15 is 0 Å². The maximum atomic E-state index is 13.3. The van der Waals surface area contributed by atoms with Gasteiger partial charge in [0.15, 0.2) is 6.10 Å². The van der Waals surface area contributed by atoms with Crippen LogP contribution in [0.4, 0.5) is 0 Å². The van der Waals surface area contributed by atoms with Gasteiger partial charge >= 0.3 is 5.97 Å². The molecule has 1 aliphatic rings. The van der Waals surface area contributed by atoms with Crippen LogP contribution < -0.4 is 9.46 Å². The summed E-state index contributed by atoms with van der Waals surface area (Å²) in [4.78, 5) is 24.8. The lowest BCUT2D eigenvalue weighted by Gasteiger charge is -2.28. The third kappa shape index (κ3) is 4.67. The number of carboxylic acid groups (broad SMARTS) is 1. The van der Waals surface area contributed by atoms with Crippen molar-refractivity contribution in [3.05, 3.63) is 70.2 Å². The van der Waals surface area contributed by atoms with Crippen LogP contribution in [0.1, 0.15) is 43.2 Å². The van der Waals surface area contributed by atoms with Gasteiger partial charge in [0, 0.05) is 9.86 Å². The van der Waals surface area contributed by atoms with Gasteiger partial charge < -0.3 is 9.84 Å². The molecule has 1 aliphatic carbocycles. The highest BCUT2D eigenvalue weighted by atomic mass is 79.9. The van der Waals surface area contributed by atoms with E-state index in [1.165, 1.54) is 6.07 Å². The van der Waals surface area contributed by atoms with Gasteiger partial charge in [-0.05, 0) is 60.4 Å². The lowest BCUT2D eigenvalue weighted by atomic mass is 9.82. The zero-order valence-corrected chi connectivity index (χ0v) is 20.9. The first-order valence-electron chi connectivity index (χ1n) is 11.0. The van der Waals surface area contributed by atoms with Crippen LogP contribution in [0.25, 0.3) is 10.8 Å². The van der Waals surface area contributed by atoms with E-state index in [0.29, 0.717) is 40.4 Å². The summed E-state index contributed by atoms with van der Waals surface area (Å²) in [5.41, 5.74) is 1.36. The Morgan fingerprint density at radius 2 is 1.88 bits per heavy atom. The van der Waals surface area contributed by atoms with Crippen molar-refractivity contribution < 1.29 is 27.9 Å². The Morgan fingerprint density at radius 3 is 2.62 bits per heavy atom. The van der Waals surface area contributed by atoms with Crippen molar-refractivity contribution in [2.24, 2.45) is 0 Å². The van der Waals surface area contributed by atoms with Crippen LogP contribution in [0, 0.1) is 0 Å². The highest BCUT2D eigenvalue weighted by molar-refractivity contribution is 9.10. The normalized spacial score (nSPS) is 16.5. The fourth-order valence-electron chi connectivity index (χ4n) is 4.40. The van der Waals surface area contributed by atoms with E-state index in [4.69, 9.17) is 4.74 Å². The van der Waals surface area contributed by atoms with Crippen molar-refractivity contribution >= 4 is 48.6 Å². The predicted molar refractivity (Wildman–Crippen MR) is 131 cm³/mol. The number of benzene rings is 3. The highest BCUT2D eigenvalue weighted by Gasteiger charge is 2.34. The number of ether oxygens (including phenoxy) is 1. The Kier molecular flexibility index (Phi) is 6.95. The quantitative estimate of drug-likeness (QED) is 0.442. The van der Waals surface area contributed by atoms with Crippen LogP contribution in [0.5, 0.6) is 5.75 Å². The standard InChI is InChI=1S/C25H24BrNO6S/c1-2-20(25(29)30)33-21-14-13-19(26)23-17(21)10-6-11-18(23)24(28)27-34(31,32)22-12-5-8-15-7-3-4-9-16(15)22/h3-5,7-9,12-14,18,20H,2,6,10-11H2,1H3,(H,27,28)(H,29,30). The first-order chi connectivity index (χ1) is 16.2. The molecule has 178 valence electrons. The molecule has 0 radical (unpaired) electrons. The zero-order chi connectivity index (χ0) is 24.5. The van der Waals surface area contributed by atoms with E-state index in [1.807, 2.05) is 18.2 Å². The van der Waals surface area contributed by atoms with Gasteiger partial charge in [0.2, 0.25) is 5.91 Å². The average Bonchev–Trinajstić information content (AvgIpc) is 2.82. The molecule has 0 bridgehead atoms. The highest BCUT2D eigenvalue weighted by Crippen LogP contribution is 2.42. The molecule has 2 N–H and O–H groups in total. The lowest BCUT2D eigenvalue weighted by molar-refractivity contribution is -0.145. The maximum Gasteiger partial charge on any atom is 0.344 e. The first kappa shape index (κ1) is 24.2. The molecule has 0 aromatic heterocycles. The number of hydrogen-bond acceptors (Lipinski definition) is 5. The molecule has 0 fully saturated rings. The minimum atomic E-state index is -4.12. The van der Waals surface area contributed by atoms with E-state index in [0.717, 1.165) is 10.9 Å². The number of hydrogen-bond donors (Lipinski definition) is 2. The molecule has 3 aromatic carbocycles. The second kappa shape index (κ2) is 9.76. The van der Waals surface area contributed by atoms with Gasteiger partial charge in [0.25, 0.3) is 10.0 Å². The number of nitrogens with one attached hydrogen (secondary N) is 1. The van der Waals surface area contributed by atoms with Crippen LogP contribution in [0.3, 0.4) is 0 Å². The van der Waals surface area contributed by atoms with Gasteiger partial charge in [-0.1, -0.05) is 59.3 Å². The Labute approximate surface area is 206 Å². The van der Waals surface area contributed by atoms with Gasteiger partial charge in [-0.15, -0.1) is 0 Å². The number of amides is 1. The average molecular weight is 546 g/mol. The maximum absolute atomic E-state index is 13.3. The summed E-state index contributed by atoms with van der Waals surface area (Å²) >= 11 is 3.49. The largest absolute Gasteiger partial charge is 0.479 e. The molecule has 0 spiro atoms. The van der Waals surface area contributed by atoms with Crippen molar-refractivity contribution in [2.75, 3.05) is 0 Å². The summed E-state index contributed by atoms with van der Waals surface area (Å²) < 4.78 is 35.1. The van der Waals surface area contributed by atoms with Gasteiger partial charge in [0.1, 0.15) is 5.75 Å². The molecule has 1 amide bonds. The van der Waals surface area contributed by atoms with Gasteiger partial charge in [-0.2, -0.15) is 0 Å². The molecule has 2 unspecified atom stereocenters. The van der Waals surface area contributed by atoms with E-state index < -0.39 is 33.9 Å². The minimum absolute atomic E-state index is 0.0402. The molecule has 34 heavy (non-hydrogen) atoms. The van der Waals surface area contributed by atoms with Crippen molar-refractivity contribution in [2.45, 2.75) is 49.5 Å². The molecule has 0 saturated heterocycles. The summed E-state index contributed by atoms with van der Waals surface area (Å²) in [6.45, 7) is 1.72. The number of aliphatic carboxylic acids is 1. The Morgan fingerprint density at radius 1 is 1.15 bits per heavy atom. The molecule has 9 heteroatoms. The number of halogens is 1. The van der Waals surface area contributed by atoms with E-state index in [-0.39, 0.29) is 11.3 Å². The molecule has 0 saturated carbocycles. The number of carboxylic acids is 1. The van der Waals surface area contributed by atoms with Crippen LogP contribution in [0.15, 0.2) is 64.0 Å². The van der Waals surface area contributed by atoms with E-state index in [2.05, 4.69) is 20.7 Å². The van der Waals surface area contributed by atoms with Crippen LogP contribution >= 0.6 is 15.9 Å². The van der Waals surface area contributed by atoms with Crippen LogP contribution in [-0.4, -0.2) is 31.5 Å². The van der Waals surface area contributed by atoms with Crippen LogP contribution in [0.2, 0.25) is 0 Å². The number of sulfonamides is 1. The summed E-state index contributed by atoms with van der Waals surface area (Å²) in [5.74, 6) is -2.01. The fraction of sp³-hybridized carbons (Fsp3) is 0.280. The Hall–Kier alpha value is -2.91. The second-order valence-corrected chi connectivity index (χ2v) is 10.7. The SMILES string of the molecule is CCC(Oc1ccc(Br)c2c1CCCC2C(=O)NS(=O)(=O)c1cccc2ccccc12)C(=O)O. The molecule has 3 aromatic rings. The molecule has 0 heterocycles. The third-order valence-electron chi connectivity index (χ3n) is 6.03. The first-order valence-corrected chi connectivity index (χ1v) is 13.3. The summed E-state index contributed by atoms with van der Waals surface area (Å²) in [5, 5.41) is 10.7.